The van der Waals surface area contributed by atoms with Crippen molar-refractivity contribution >= 4 is 46.6 Å². The molecule has 0 aliphatic carbocycles. The van der Waals surface area contributed by atoms with Gasteiger partial charge in [-0.05, 0) is 24.6 Å². The first-order valence-corrected chi connectivity index (χ1v) is 8.82. The third-order valence-electron chi connectivity index (χ3n) is 3.03. The van der Waals surface area contributed by atoms with Crippen molar-refractivity contribution in [2.24, 2.45) is 0 Å². The molecule has 0 unspecified atom stereocenters. The van der Waals surface area contributed by atoms with E-state index in [1.807, 2.05) is 0 Å². The normalized spacial score (nSPS) is 10.7. The highest BCUT2D eigenvalue weighted by atomic mass is 35.5. The fourth-order valence-corrected chi connectivity index (χ4v) is 2.95. The fourth-order valence-electron chi connectivity index (χ4n) is 1.82. The first-order chi connectivity index (χ1) is 11.0. The zero-order chi connectivity index (χ0) is 16.8. The van der Waals surface area contributed by atoms with Crippen LogP contribution in [0.5, 0.6) is 0 Å². The molecule has 0 radical (unpaired) electrons. The fraction of sp³-hybridized carbons (Fsp3) is 0.357. The average Bonchev–Trinajstić information content (AvgIpc) is 2.86. The maximum atomic E-state index is 12.0. The predicted molar refractivity (Wildman–Crippen MR) is 94.6 cm³/mol. The molecule has 0 aliphatic rings. The van der Waals surface area contributed by atoms with Gasteiger partial charge in [-0.15, -0.1) is 10.2 Å². The van der Waals surface area contributed by atoms with Crippen LogP contribution in [-0.2, 0) is 11.2 Å². The first-order valence-electron chi connectivity index (χ1n) is 7.08. The topological polar surface area (TPSA) is 85.8 Å². The van der Waals surface area contributed by atoms with Crippen molar-refractivity contribution in [3.05, 3.63) is 34.1 Å². The van der Waals surface area contributed by atoms with E-state index in [-0.39, 0.29) is 11.7 Å². The van der Waals surface area contributed by atoms with Gasteiger partial charge in [0.1, 0.15) is 0 Å². The molecule has 124 valence electrons. The lowest BCUT2D eigenvalue weighted by molar-refractivity contribution is -0.113. The van der Waals surface area contributed by atoms with Gasteiger partial charge in [-0.1, -0.05) is 48.3 Å². The largest absolute Gasteiger partial charge is 0.336 e. The minimum Gasteiger partial charge on any atom is -0.336 e. The summed E-state index contributed by atoms with van der Waals surface area (Å²) in [7, 11) is 0. The number of unbranched alkanes of at least 4 members (excludes halogenated alkanes) is 1. The third-order valence-corrected chi connectivity index (χ3v) is 4.52. The Labute approximate surface area is 148 Å². The van der Waals surface area contributed by atoms with Gasteiger partial charge in [-0.3, -0.25) is 4.79 Å². The number of anilines is 1. The number of nitrogens with two attached hydrogens (primary N) is 1. The van der Waals surface area contributed by atoms with Crippen molar-refractivity contribution in [3.8, 4) is 0 Å². The van der Waals surface area contributed by atoms with Crippen LogP contribution in [0.1, 0.15) is 25.6 Å². The molecule has 0 spiro atoms. The van der Waals surface area contributed by atoms with E-state index in [2.05, 4.69) is 22.4 Å². The summed E-state index contributed by atoms with van der Waals surface area (Å²) >= 11 is 13.1. The number of nitrogens with one attached hydrogen (secondary N) is 1. The minimum absolute atomic E-state index is 0.155. The molecule has 6 nitrogen and oxygen atoms in total. The van der Waals surface area contributed by atoms with Gasteiger partial charge in [0.25, 0.3) is 0 Å². The Hall–Kier alpha value is -1.44. The molecule has 1 amide bonds. The van der Waals surface area contributed by atoms with Crippen LogP contribution < -0.4 is 11.2 Å². The molecule has 1 aromatic heterocycles. The van der Waals surface area contributed by atoms with E-state index >= 15 is 0 Å². The van der Waals surface area contributed by atoms with Gasteiger partial charge in [-0.25, -0.2) is 4.68 Å². The van der Waals surface area contributed by atoms with Crippen molar-refractivity contribution in [2.75, 3.05) is 16.9 Å². The van der Waals surface area contributed by atoms with Crippen molar-refractivity contribution in [2.45, 2.75) is 31.3 Å². The third kappa shape index (κ3) is 5.02. The predicted octanol–water partition coefficient (Wildman–Crippen LogP) is 3.37. The molecule has 3 N–H and O–H groups in total. The van der Waals surface area contributed by atoms with Crippen molar-refractivity contribution in [1.82, 2.24) is 14.9 Å². The number of rotatable bonds is 7. The van der Waals surface area contributed by atoms with Crippen LogP contribution in [0.2, 0.25) is 10.0 Å². The Bertz CT molecular complexity index is 692. The van der Waals surface area contributed by atoms with E-state index in [0.29, 0.717) is 20.9 Å². The first kappa shape index (κ1) is 17.9. The molecule has 0 bridgehead atoms. The number of nitrogen functional groups attached to an aromatic ring is 1. The summed E-state index contributed by atoms with van der Waals surface area (Å²) in [5.41, 5.74) is 0.513. The van der Waals surface area contributed by atoms with Crippen molar-refractivity contribution in [3.63, 3.8) is 0 Å². The second kappa shape index (κ2) is 8.42. The summed E-state index contributed by atoms with van der Waals surface area (Å²) in [6.45, 7) is 2.10. The lowest BCUT2D eigenvalue weighted by Crippen LogP contribution is -2.17. The Morgan fingerprint density at radius 1 is 1.39 bits per heavy atom. The molecular weight excluding hydrogens is 357 g/mol. The monoisotopic (exact) mass is 373 g/mol. The Morgan fingerprint density at radius 3 is 2.87 bits per heavy atom. The molecule has 0 saturated heterocycles. The number of amides is 1. The number of aromatic nitrogens is 3. The van der Waals surface area contributed by atoms with Crippen LogP contribution in [0.25, 0.3) is 0 Å². The molecule has 1 aromatic carbocycles. The van der Waals surface area contributed by atoms with Crippen molar-refractivity contribution in [1.29, 1.82) is 0 Å². The molecule has 0 saturated carbocycles. The maximum absolute atomic E-state index is 12.0. The number of nitrogens with zero attached hydrogens (tertiary/aromatic N) is 3. The smallest absolute Gasteiger partial charge is 0.234 e. The van der Waals surface area contributed by atoms with E-state index in [1.165, 1.54) is 16.4 Å². The van der Waals surface area contributed by atoms with Crippen LogP contribution >= 0.6 is 35.0 Å². The molecule has 2 aromatic rings. The number of halogens is 2. The number of aryl methyl sites for hydroxylation is 1. The molecule has 0 fully saturated rings. The van der Waals surface area contributed by atoms with E-state index in [9.17, 15) is 4.79 Å². The lowest BCUT2D eigenvalue weighted by Gasteiger charge is -2.07. The molecule has 1 heterocycles. The molecule has 2 rings (SSSR count). The molecule has 23 heavy (non-hydrogen) atoms. The quantitative estimate of drug-likeness (QED) is 0.573. The van der Waals surface area contributed by atoms with Crippen LogP contribution in [0.3, 0.4) is 0 Å². The van der Waals surface area contributed by atoms with Gasteiger partial charge in [-0.2, -0.15) is 0 Å². The van der Waals surface area contributed by atoms with Crippen LogP contribution in [0.4, 0.5) is 5.69 Å². The highest BCUT2D eigenvalue weighted by Crippen LogP contribution is 2.25. The zero-order valence-electron chi connectivity index (χ0n) is 12.6. The number of benzene rings is 1. The second-order valence-electron chi connectivity index (χ2n) is 4.83. The van der Waals surface area contributed by atoms with E-state index in [0.717, 1.165) is 25.1 Å². The highest BCUT2D eigenvalue weighted by molar-refractivity contribution is 7.99. The summed E-state index contributed by atoms with van der Waals surface area (Å²) in [5.74, 6) is 6.59. The van der Waals surface area contributed by atoms with Gasteiger partial charge in [0, 0.05) is 11.4 Å². The van der Waals surface area contributed by atoms with E-state index < -0.39 is 0 Å². The highest BCUT2D eigenvalue weighted by Gasteiger charge is 2.13. The second-order valence-corrected chi connectivity index (χ2v) is 6.62. The van der Waals surface area contributed by atoms with Gasteiger partial charge in [0.05, 0.1) is 16.5 Å². The Morgan fingerprint density at radius 2 is 2.17 bits per heavy atom. The number of carbonyl (C=O) groups excluding carboxylic acids is 1. The summed E-state index contributed by atoms with van der Waals surface area (Å²) < 4.78 is 1.43. The van der Waals surface area contributed by atoms with Gasteiger partial charge < -0.3 is 11.2 Å². The minimum atomic E-state index is -0.211. The summed E-state index contributed by atoms with van der Waals surface area (Å²) in [6, 6.07) is 4.89. The standard InChI is InChI=1S/C14H17Cl2N5OS/c1-2-3-4-12-19-20-14(21(12)17)23-8-13(22)18-11-6-5-9(15)7-10(11)16/h5-7H,2-4,8,17H2,1H3,(H,18,22). The average molecular weight is 374 g/mol. The molecule has 0 atom stereocenters. The summed E-state index contributed by atoms with van der Waals surface area (Å²) in [5, 5.41) is 12.2. The molecule has 0 aliphatic heterocycles. The number of thioether (sulfide) groups is 1. The Kier molecular flexibility index (Phi) is 6.56. The SMILES string of the molecule is CCCCc1nnc(SCC(=O)Nc2ccc(Cl)cc2Cl)n1N. The summed E-state index contributed by atoms with van der Waals surface area (Å²) in [4.78, 5) is 12.0. The van der Waals surface area contributed by atoms with Crippen molar-refractivity contribution < 1.29 is 4.79 Å². The summed E-state index contributed by atoms with van der Waals surface area (Å²) in [6.07, 6.45) is 2.82. The van der Waals surface area contributed by atoms with Crippen LogP contribution in [-0.4, -0.2) is 26.5 Å². The number of carbonyl (C=O) groups is 1. The molecular formula is C14H17Cl2N5OS. The number of hydrogen-bond acceptors (Lipinski definition) is 5. The van der Waals surface area contributed by atoms with Gasteiger partial charge in [0.15, 0.2) is 5.82 Å². The van der Waals surface area contributed by atoms with Crippen LogP contribution in [0.15, 0.2) is 23.4 Å². The Balaban J connectivity index is 1.90. The zero-order valence-corrected chi connectivity index (χ0v) is 14.9. The van der Waals surface area contributed by atoms with Gasteiger partial charge >= 0.3 is 0 Å². The van der Waals surface area contributed by atoms with Crippen LogP contribution in [0, 0.1) is 0 Å². The maximum Gasteiger partial charge on any atom is 0.234 e. The lowest BCUT2D eigenvalue weighted by atomic mass is 10.2. The van der Waals surface area contributed by atoms with Gasteiger partial charge in [0.2, 0.25) is 11.1 Å². The molecule has 9 heteroatoms. The number of hydrogen-bond donors (Lipinski definition) is 2. The van der Waals surface area contributed by atoms with E-state index in [1.54, 1.807) is 18.2 Å². The van der Waals surface area contributed by atoms with E-state index in [4.69, 9.17) is 29.0 Å².